The van der Waals surface area contributed by atoms with Crippen LogP contribution in [0.1, 0.15) is 5.56 Å². The maximum absolute atomic E-state index is 10.9. The van der Waals surface area contributed by atoms with Crippen molar-refractivity contribution in [2.75, 3.05) is 7.11 Å². The van der Waals surface area contributed by atoms with E-state index in [0.717, 1.165) is 5.56 Å². The number of methoxy groups -OCH3 is 1. The summed E-state index contributed by atoms with van der Waals surface area (Å²) in [5, 5.41) is 0. The highest BCUT2D eigenvalue weighted by Crippen LogP contribution is 2.13. The summed E-state index contributed by atoms with van der Waals surface area (Å²) >= 11 is 0. The number of oxazole rings is 1. The van der Waals surface area contributed by atoms with Crippen molar-refractivity contribution in [1.29, 1.82) is 0 Å². The Balaban J connectivity index is 2.35. The number of aromatic nitrogens is 1. The van der Waals surface area contributed by atoms with Crippen molar-refractivity contribution in [3.63, 3.8) is 0 Å². The first-order chi connectivity index (χ1) is 7.69. The molecule has 1 heterocycles. The lowest BCUT2D eigenvalue weighted by Crippen LogP contribution is -1.93. The molecule has 0 aliphatic carbocycles. The molecule has 0 unspecified atom stereocenters. The molecule has 0 atom stereocenters. The fourth-order valence-electron chi connectivity index (χ4n) is 1.30. The van der Waals surface area contributed by atoms with E-state index in [9.17, 15) is 9.59 Å². The summed E-state index contributed by atoms with van der Waals surface area (Å²) < 4.78 is 9.34. The lowest BCUT2D eigenvalue weighted by molar-refractivity contribution is -0.134. The summed E-state index contributed by atoms with van der Waals surface area (Å²) in [6.45, 7) is 0. The maximum Gasteiger partial charge on any atom is 0.417 e. The van der Waals surface area contributed by atoms with Gasteiger partial charge in [-0.15, -0.1) is 0 Å². The number of fused-ring (bicyclic) bond motifs is 1. The van der Waals surface area contributed by atoms with E-state index < -0.39 is 11.7 Å². The van der Waals surface area contributed by atoms with Gasteiger partial charge in [-0.25, -0.2) is 9.59 Å². The van der Waals surface area contributed by atoms with Gasteiger partial charge < -0.3 is 9.15 Å². The number of aromatic amines is 1. The van der Waals surface area contributed by atoms with Crippen LogP contribution in [0, 0.1) is 0 Å². The van der Waals surface area contributed by atoms with Crippen LogP contribution in [0.15, 0.2) is 33.5 Å². The zero-order chi connectivity index (χ0) is 11.5. The van der Waals surface area contributed by atoms with E-state index in [4.69, 9.17) is 4.42 Å². The third-order valence-electron chi connectivity index (χ3n) is 2.06. The highest BCUT2D eigenvalue weighted by Gasteiger charge is 2.00. The molecule has 0 aliphatic rings. The van der Waals surface area contributed by atoms with Crippen LogP contribution in [0.2, 0.25) is 0 Å². The molecule has 82 valence electrons. The van der Waals surface area contributed by atoms with E-state index in [0.29, 0.717) is 11.1 Å². The van der Waals surface area contributed by atoms with Crippen molar-refractivity contribution >= 4 is 23.1 Å². The zero-order valence-electron chi connectivity index (χ0n) is 8.52. The van der Waals surface area contributed by atoms with E-state index in [2.05, 4.69) is 9.72 Å². The van der Waals surface area contributed by atoms with Gasteiger partial charge in [0.15, 0.2) is 5.58 Å². The number of rotatable bonds is 2. The largest absolute Gasteiger partial charge is 0.466 e. The number of H-pyrrole nitrogens is 1. The van der Waals surface area contributed by atoms with Gasteiger partial charge in [0.2, 0.25) is 0 Å². The quantitative estimate of drug-likeness (QED) is 0.610. The third-order valence-corrected chi connectivity index (χ3v) is 2.06. The predicted octanol–water partition coefficient (Wildman–Crippen LogP) is 1.31. The van der Waals surface area contributed by atoms with Gasteiger partial charge >= 0.3 is 11.7 Å². The Labute approximate surface area is 90.3 Å². The van der Waals surface area contributed by atoms with Crippen molar-refractivity contribution in [3.8, 4) is 0 Å². The smallest absolute Gasteiger partial charge is 0.417 e. The molecule has 0 radical (unpaired) electrons. The van der Waals surface area contributed by atoms with Crippen LogP contribution in [-0.2, 0) is 9.53 Å². The molecule has 0 spiro atoms. The summed E-state index contributed by atoms with van der Waals surface area (Å²) in [6, 6.07) is 5.12. The molecule has 2 rings (SSSR count). The first-order valence-electron chi connectivity index (χ1n) is 4.58. The Morgan fingerprint density at radius 1 is 1.50 bits per heavy atom. The number of carbonyl (C=O) groups is 1. The molecule has 16 heavy (non-hydrogen) atoms. The van der Waals surface area contributed by atoms with Gasteiger partial charge in [-0.1, -0.05) is 6.07 Å². The van der Waals surface area contributed by atoms with Crippen molar-refractivity contribution in [1.82, 2.24) is 4.98 Å². The van der Waals surface area contributed by atoms with E-state index in [-0.39, 0.29) is 0 Å². The lowest BCUT2D eigenvalue weighted by atomic mass is 10.2. The summed E-state index contributed by atoms with van der Waals surface area (Å²) in [7, 11) is 1.31. The van der Waals surface area contributed by atoms with Crippen LogP contribution in [0.4, 0.5) is 0 Å². The van der Waals surface area contributed by atoms with E-state index in [1.54, 1.807) is 24.3 Å². The van der Waals surface area contributed by atoms with Gasteiger partial charge in [-0.05, 0) is 23.8 Å². The molecule has 2 aromatic rings. The molecular formula is C11H9NO4. The third kappa shape index (κ3) is 2.03. The Bertz CT molecular complexity index is 606. The van der Waals surface area contributed by atoms with Gasteiger partial charge in [-0.3, -0.25) is 4.98 Å². The molecule has 0 bridgehead atoms. The van der Waals surface area contributed by atoms with E-state index in [1.165, 1.54) is 13.2 Å². The molecule has 5 heteroatoms. The SMILES string of the molecule is COC(=O)/C=C/c1ccc2[nH]c(=O)oc2c1. The fraction of sp³-hybridized carbons (Fsp3) is 0.0909. The average Bonchev–Trinajstić information content (AvgIpc) is 2.65. The maximum atomic E-state index is 10.9. The Morgan fingerprint density at radius 2 is 2.31 bits per heavy atom. The van der Waals surface area contributed by atoms with E-state index >= 15 is 0 Å². The highest BCUT2D eigenvalue weighted by atomic mass is 16.5. The summed E-state index contributed by atoms with van der Waals surface area (Å²) in [5.74, 6) is -0.931. The molecule has 1 aromatic carbocycles. The first-order valence-corrected chi connectivity index (χ1v) is 4.58. The normalized spacial score (nSPS) is 11.1. The highest BCUT2D eigenvalue weighted by molar-refractivity contribution is 5.87. The number of ether oxygens (including phenoxy) is 1. The zero-order valence-corrected chi connectivity index (χ0v) is 8.52. The van der Waals surface area contributed by atoms with Crippen LogP contribution in [-0.4, -0.2) is 18.1 Å². The fourth-order valence-corrected chi connectivity index (χ4v) is 1.30. The second-order valence-corrected chi connectivity index (χ2v) is 3.13. The van der Waals surface area contributed by atoms with Gasteiger partial charge in [0.25, 0.3) is 0 Å². The van der Waals surface area contributed by atoms with Crippen LogP contribution < -0.4 is 5.76 Å². The van der Waals surface area contributed by atoms with Crippen molar-refractivity contribution in [2.45, 2.75) is 0 Å². The second kappa shape index (κ2) is 4.06. The Morgan fingerprint density at radius 3 is 3.06 bits per heavy atom. The summed E-state index contributed by atoms with van der Waals surface area (Å²) in [4.78, 5) is 24.3. The number of carbonyl (C=O) groups excluding carboxylic acids is 1. The molecule has 0 amide bonds. The van der Waals surface area contributed by atoms with Crippen molar-refractivity contribution in [2.24, 2.45) is 0 Å². The topological polar surface area (TPSA) is 72.3 Å². The Hall–Kier alpha value is -2.30. The Kier molecular flexibility index (Phi) is 2.59. The standard InChI is InChI=1S/C11H9NO4/c1-15-10(13)5-3-7-2-4-8-9(6-7)16-11(14)12-8/h2-6H,1H3,(H,12,14)/b5-3+. The number of hydrogen-bond acceptors (Lipinski definition) is 4. The van der Waals surface area contributed by atoms with Gasteiger partial charge in [0, 0.05) is 6.08 Å². The molecule has 0 aliphatic heterocycles. The summed E-state index contributed by atoms with van der Waals surface area (Å²) in [5.41, 5.74) is 1.83. The molecular weight excluding hydrogens is 210 g/mol. The second-order valence-electron chi connectivity index (χ2n) is 3.13. The minimum Gasteiger partial charge on any atom is -0.466 e. The first kappa shape index (κ1) is 10.2. The average molecular weight is 219 g/mol. The molecule has 0 saturated carbocycles. The van der Waals surface area contributed by atoms with Crippen LogP contribution in [0.3, 0.4) is 0 Å². The minimum atomic E-state index is -0.496. The monoisotopic (exact) mass is 219 g/mol. The van der Waals surface area contributed by atoms with E-state index in [1.807, 2.05) is 0 Å². The van der Waals surface area contributed by atoms with Crippen molar-refractivity contribution < 1.29 is 13.9 Å². The van der Waals surface area contributed by atoms with Gasteiger partial charge in [0.05, 0.1) is 12.6 Å². The predicted molar refractivity (Wildman–Crippen MR) is 57.9 cm³/mol. The van der Waals surface area contributed by atoms with Crippen LogP contribution in [0.25, 0.3) is 17.2 Å². The summed E-state index contributed by atoms with van der Waals surface area (Å²) in [6.07, 6.45) is 2.88. The molecule has 1 aromatic heterocycles. The number of esters is 1. The van der Waals surface area contributed by atoms with Gasteiger partial charge in [-0.2, -0.15) is 0 Å². The van der Waals surface area contributed by atoms with Crippen LogP contribution >= 0.6 is 0 Å². The molecule has 0 fully saturated rings. The number of hydrogen-bond donors (Lipinski definition) is 1. The lowest BCUT2D eigenvalue weighted by Gasteiger charge is -1.92. The molecule has 5 nitrogen and oxygen atoms in total. The minimum absolute atomic E-state index is 0.435. The molecule has 1 N–H and O–H groups in total. The van der Waals surface area contributed by atoms with Gasteiger partial charge in [0.1, 0.15) is 0 Å². The number of nitrogens with one attached hydrogen (secondary N) is 1. The van der Waals surface area contributed by atoms with Crippen LogP contribution in [0.5, 0.6) is 0 Å². The van der Waals surface area contributed by atoms with Crippen molar-refractivity contribution in [3.05, 3.63) is 40.4 Å². The number of benzene rings is 1. The molecule has 0 saturated heterocycles.